The van der Waals surface area contributed by atoms with Gasteiger partial charge in [-0.25, -0.2) is 0 Å². The van der Waals surface area contributed by atoms with Gasteiger partial charge in [0.05, 0.1) is 31.5 Å². The number of aliphatic hydroxyl groups excluding tert-OH is 9. The van der Waals surface area contributed by atoms with Gasteiger partial charge in [0.2, 0.25) is 0 Å². The van der Waals surface area contributed by atoms with Crippen molar-refractivity contribution >= 4 is 0 Å². The molecule has 0 aromatic rings. The van der Waals surface area contributed by atoms with Gasteiger partial charge in [0.15, 0.2) is 18.9 Å². The van der Waals surface area contributed by atoms with Crippen LogP contribution < -0.4 is 5.32 Å². The lowest BCUT2D eigenvalue weighted by Crippen LogP contribution is -2.67. The first-order chi connectivity index (χ1) is 29.4. The Labute approximate surface area is 364 Å². The Morgan fingerprint density at radius 1 is 0.694 bits per heavy atom. The zero-order valence-electron chi connectivity index (χ0n) is 36.7. The first-order valence-electron chi connectivity index (χ1n) is 23.5. The van der Waals surface area contributed by atoms with E-state index in [0.29, 0.717) is 48.3 Å². The van der Waals surface area contributed by atoms with Gasteiger partial charge in [0.1, 0.15) is 72.9 Å². The Balaban J connectivity index is 0.940. The second-order valence-corrected chi connectivity index (χ2v) is 21.2. The molecule has 17 nitrogen and oxygen atoms in total. The van der Waals surface area contributed by atoms with Crippen LogP contribution in [-0.2, 0) is 33.2 Å². The molecule has 17 heteroatoms. The Hall–Kier alpha value is -0.940. The van der Waals surface area contributed by atoms with Gasteiger partial charge in [-0.05, 0) is 105 Å². The number of hydrogen-bond acceptors (Lipinski definition) is 17. The zero-order valence-corrected chi connectivity index (χ0v) is 36.7. The van der Waals surface area contributed by atoms with E-state index in [9.17, 15) is 46.0 Å². The number of ether oxygens (including phenoxy) is 7. The third-order valence-electron chi connectivity index (χ3n) is 17.9. The first-order valence-corrected chi connectivity index (χ1v) is 23.5. The van der Waals surface area contributed by atoms with Crippen LogP contribution in [0.5, 0.6) is 0 Å². The molecule has 9 aliphatic rings. The van der Waals surface area contributed by atoms with Crippen LogP contribution in [0.25, 0.3) is 0 Å². The van der Waals surface area contributed by atoms with Crippen LogP contribution in [-0.4, -0.2) is 176 Å². The summed E-state index contributed by atoms with van der Waals surface area (Å²) in [6.45, 7) is 10.8. The predicted octanol–water partition coefficient (Wildman–Crippen LogP) is -0.213. The molecule has 0 bridgehead atoms. The second kappa shape index (κ2) is 17.3. The molecule has 1 spiro atoms. The minimum atomic E-state index is -1.84. The third-order valence-corrected chi connectivity index (χ3v) is 17.9. The topological polar surface area (TPSA) is 259 Å². The first kappa shape index (κ1) is 46.2. The van der Waals surface area contributed by atoms with E-state index < -0.39 is 111 Å². The SMILES string of the molecule is C[C@@H]1CC[C@@]2(NC1)OC1CC3[C@@H]4CC=C5C[C@@H](O[C@@H]6O[C@H](CO)[C@H](O)[C@H](O[C@@H]7O[C@H](CO)[C@@H](O)[C@H](O)[C@H]7O)[C@H]6O[C@@H]6O[C@@H](C)[C@H](O)[C@@H](O)[C@H]6O)CC[C@]5(C)C4CC[C@]3(C)C1[C@@H]2C. The standard InChI is InChI=1S/C45H73NO16/c1-19-8-13-45(46-16-19)20(2)30-27(62-45)15-26-24-7-6-22-14-23(9-11-43(22,4)25(24)10-12-44(26,30)5)57-42-39(61-40-36(54)34(52)31(49)21(3)56-40)38(33(51)29(18-48)59-42)60-41-37(55)35(53)32(50)28(17-47)58-41/h6,19-21,23-42,46-55H,7-18H2,1-5H3/t19-,20+,21+,23+,24-,25?,26?,27?,28-,29-,30?,31+,32-,33+,34-,35+,36-,37-,38+,39-,40+,41+,42-,43+,44+,45-/m1/s1. The average molecular weight is 884 g/mol. The fourth-order valence-corrected chi connectivity index (χ4v) is 14.2. The van der Waals surface area contributed by atoms with Crippen molar-refractivity contribution in [2.45, 2.75) is 202 Å². The van der Waals surface area contributed by atoms with Crippen LogP contribution in [0.3, 0.4) is 0 Å². The van der Waals surface area contributed by atoms with Crippen molar-refractivity contribution in [3.63, 3.8) is 0 Å². The fraction of sp³-hybridized carbons (Fsp3) is 0.956. The summed E-state index contributed by atoms with van der Waals surface area (Å²) >= 11 is 0. The predicted molar refractivity (Wildman–Crippen MR) is 216 cm³/mol. The molecule has 5 aliphatic heterocycles. The summed E-state index contributed by atoms with van der Waals surface area (Å²) in [5.74, 6) is 3.32. The monoisotopic (exact) mass is 883 g/mol. The molecule has 62 heavy (non-hydrogen) atoms. The zero-order chi connectivity index (χ0) is 44.2. The molecule has 0 aromatic heterocycles. The van der Waals surface area contributed by atoms with Crippen molar-refractivity contribution in [2.24, 2.45) is 46.3 Å². The highest BCUT2D eigenvalue weighted by Crippen LogP contribution is 2.70. The van der Waals surface area contributed by atoms with E-state index in [1.807, 2.05) is 0 Å². The van der Waals surface area contributed by atoms with Crippen molar-refractivity contribution < 1.29 is 79.1 Å². The normalized spacial score (nSPS) is 57.6. The highest BCUT2D eigenvalue weighted by Gasteiger charge is 2.68. The van der Waals surface area contributed by atoms with Gasteiger partial charge in [-0.1, -0.05) is 39.3 Å². The molecule has 354 valence electrons. The van der Waals surface area contributed by atoms with Gasteiger partial charge < -0.3 is 79.1 Å². The number of hydrogen-bond donors (Lipinski definition) is 10. The number of fused-ring (bicyclic) bond motifs is 7. The maximum Gasteiger partial charge on any atom is 0.187 e. The van der Waals surface area contributed by atoms with Gasteiger partial charge in [-0.2, -0.15) is 0 Å². The van der Waals surface area contributed by atoms with Gasteiger partial charge in [-0.3, -0.25) is 5.32 Å². The Bertz CT molecular complexity index is 1610. The molecule has 26 atom stereocenters. The van der Waals surface area contributed by atoms with E-state index in [-0.39, 0.29) is 22.7 Å². The van der Waals surface area contributed by atoms with Crippen molar-refractivity contribution in [1.82, 2.24) is 5.32 Å². The molecule has 5 heterocycles. The summed E-state index contributed by atoms with van der Waals surface area (Å²) in [4.78, 5) is 0. The molecule has 0 aromatic carbocycles. The van der Waals surface area contributed by atoms with Crippen LogP contribution in [0, 0.1) is 46.3 Å². The number of aliphatic hydroxyl groups is 9. The van der Waals surface area contributed by atoms with Gasteiger partial charge >= 0.3 is 0 Å². The molecule has 9 rings (SSSR count). The van der Waals surface area contributed by atoms with E-state index >= 15 is 0 Å². The van der Waals surface area contributed by atoms with Crippen molar-refractivity contribution in [3.05, 3.63) is 11.6 Å². The van der Waals surface area contributed by atoms with Crippen LogP contribution in [0.2, 0.25) is 0 Å². The van der Waals surface area contributed by atoms with E-state index in [2.05, 4.69) is 39.1 Å². The molecular weight excluding hydrogens is 810 g/mol. The molecular formula is C45H73NO16. The van der Waals surface area contributed by atoms with Crippen molar-refractivity contribution in [3.8, 4) is 0 Å². The lowest BCUT2D eigenvalue weighted by molar-refractivity contribution is -0.394. The fourth-order valence-electron chi connectivity index (χ4n) is 14.2. The minimum absolute atomic E-state index is 0.0361. The maximum atomic E-state index is 11.6. The second-order valence-electron chi connectivity index (χ2n) is 21.2. The molecule has 0 amide bonds. The van der Waals surface area contributed by atoms with E-state index in [4.69, 9.17) is 33.2 Å². The van der Waals surface area contributed by atoms with E-state index in [1.165, 1.54) is 25.3 Å². The molecule has 10 N–H and O–H groups in total. The summed E-state index contributed by atoms with van der Waals surface area (Å²) in [7, 11) is 0. The lowest BCUT2D eigenvalue weighted by atomic mass is 9.47. The van der Waals surface area contributed by atoms with Gasteiger partial charge in [0, 0.05) is 12.5 Å². The van der Waals surface area contributed by atoms with E-state index in [1.54, 1.807) is 0 Å². The Morgan fingerprint density at radius 2 is 1.35 bits per heavy atom. The summed E-state index contributed by atoms with van der Waals surface area (Å²) in [5.41, 5.74) is 1.32. The van der Waals surface area contributed by atoms with Gasteiger partial charge in [-0.15, -0.1) is 0 Å². The highest BCUT2D eigenvalue weighted by molar-refractivity contribution is 5.26. The summed E-state index contributed by atoms with van der Waals surface area (Å²) in [6, 6.07) is 0. The van der Waals surface area contributed by atoms with E-state index in [0.717, 1.165) is 38.6 Å². The number of nitrogens with one attached hydrogen (secondary N) is 1. The third kappa shape index (κ3) is 7.49. The largest absolute Gasteiger partial charge is 0.394 e. The Kier molecular flexibility index (Phi) is 12.9. The molecule has 8 fully saturated rings. The van der Waals surface area contributed by atoms with Crippen LogP contribution in [0.15, 0.2) is 11.6 Å². The lowest BCUT2D eigenvalue weighted by Gasteiger charge is -2.59. The van der Waals surface area contributed by atoms with Crippen molar-refractivity contribution in [2.75, 3.05) is 19.8 Å². The quantitative estimate of drug-likeness (QED) is 0.142. The summed E-state index contributed by atoms with van der Waals surface area (Å²) in [5, 5.41) is 99.7. The molecule has 3 saturated carbocycles. The maximum absolute atomic E-state index is 11.6. The van der Waals surface area contributed by atoms with Gasteiger partial charge in [0.25, 0.3) is 0 Å². The summed E-state index contributed by atoms with van der Waals surface area (Å²) in [6.07, 6.45) is -11.9. The molecule has 4 unspecified atom stereocenters. The smallest absolute Gasteiger partial charge is 0.187 e. The Morgan fingerprint density at radius 3 is 2.05 bits per heavy atom. The molecule has 0 radical (unpaired) electrons. The number of piperidine rings is 1. The van der Waals surface area contributed by atoms with Crippen LogP contribution in [0.4, 0.5) is 0 Å². The van der Waals surface area contributed by atoms with Crippen LogP contribution >= 0.6 is 0 Å². The number of rotatable bonds is 8. The molecule has 4 aliphatic carbocycles. The van der Waals surface area contributed by atoms with Crippen LogP contribution in [0.1, 0.15) is 92.4 Å². The number of allylic oxidation sites excluding steroid dienone is 1. The van der Waals surface area contributed by atoms with Crippen molar-refractivity contribution in [1.29, 1.82) is 0 Å². The molecule has 5 saturated heterocycles. The highest BCUT2D eigenvalue weighted by atomic mass is 16.8. The summed E-state index contributed by atoms with van der Waals surface area (Å²) < 4.78 is 43.9. The minimum Gasteiger partial charge on any atom is -0.394 e. The average Bonchev–Trinajstić information content (AvgIpc) is 3.70.